The SMILES string of the molecule is Cc1cc(Br)ccc1NC(=O)COC(=O)CN1C(=O)[C@H]2C[C@H](Br)[C@@H](Br)C[C@H]2C1=O. The van der Waals surface area contributed by atoms with Crippen molar-refractivity contribution in [2.75, 3.05) is 18.5 Å². The lowest BCUT2D eigenvalue weighted by Gasteiger charge is -2.29. The van der Waals surface area contributed by atoms with Gasteiger partial charge in [-0.2, -0.15) is 0 Å². The van der Waals surface area contributed by atoms with Crippen LogP contribution < -0.4 is 5.32 Å². The first-order valence-corrected chi connectivity index (χ1v) is 11.6. The average Bonchev–Trinajstić information content (AvgIpc) is 2.87. The molecule has 2 fully saturated rings. The fraction of sp³-hybridized carbons (Fsp3) is 0.474. The third-order valence-electron chi connectivity index (χ3n) is 5.12. The first-order chi connectivity index (χ1) is 13.7. The molecule has 0 aromatic heterocycles. The van der Waals surface area contributed by atoms with Crippen LogP contribution in [0.25, 0.3) is 0 Å². The molecule has 0 radical (unpaired) electrons. The standard InChI is InChI=1S/C19H19Br3N2O5/c1-9-4-10(20)2-3-15(9)23-16(25)8-29-17(26)7-24-18(27)11-5-13(21)14(22)6-12(11)19(24)28/h2-4,11-14H,5-8H2,1H3,(H,23,25)/t11-,12+,13-,14-/m0/s1. The van der Waals surface area contributed by atoms with Gasteiger partial charge in [0.15, 0.2) is 6.61 Å². The van der Waals surface area contributed by atoms with E-state index in [1.54, 1.807) is 12.1 Å². The molecular weight excluding hydrogens is 576 g/mol. The molecule has 156 valence electrons. The summed E-state index contributed by atoms with van der Waals surface area (Å²) in [5.41, 5.74) is 1.46. The summed E-state index contributed by atoms with van der Waals surface area (Å²) < 4.78 is 5.86. The topological polar surface area (TPSA) is 92.8 Å². The zero-order valence-corrected chi connectivity index (χ0v) is 20.3. The van der Waals surface area contributed by atoms with Gasteiger partial charge in [-0.25, -0.2) is 0 Å². The minimum atomic E-state index is -0.793. The van der Waals surface area contributed by atoms with E-state index in [1.807, 2.05) is 13.0 Å². The largest absolute Gasteiger partial charge is 0.454 e. The summed E-state index contributed by atoms with van der Waals surface area (Å²) >= 11 is 10.4. The van der Waals surface area contributed by atoms with Crippen molar-refractivity contribution in [2.45, 2.75) is 29.4 Å². The highest BCUT2D eigenvalue weighted by atomic mass is 79.9. The molecule has 0 unspecified atom stereocenters. The van der Waals surface area contributed by atoms with Gasteiger partial charge in [-0.05, 0) is 43.5 Å². The predicted molar refractivity (Wildman–Crippen MR) is 117 cm³/mol. The minimum absolute atomic E-state index is 0.0955. The number of ether oxygens (including phenoxy) is 1. The summed E-state index contributed by atoms with van der Waals surface area (Å²) in [6, 6.07) is 5.37. The van der Waals surface area contributed by atoms with E-state index in [9.17, 15) is 19.2 Å². The molecule has 10 heteroatoms. The molecule has 1 heterocycles. The summed E-state index contributed by atoms with van der Waals surface area (Å²) in [5, 5.41) is 2.66. The van der Waals surface area contributed by atoms with Crippen LogP contribution >= 0.6 is 47.8 Å². The van der Waals surface area contributed by atoms with Crippen molar-refractivity contribution < 1.29 is 23.9 Å². The maximum Gasteiger partial charge on any atom is 0.326 e. The molecule has 29 heavy (non-hydrogen) atoms. The van der Waals surface area contributed by atoms with Crippen molar-refractivity contribution in [3.05, 3.63) is 28.2 Å². The molecule has 1 N–H and O–H groups in total. The van der Waals surface area contributed by atoms with Gasteiger partial charge in [-0.1, -0.05) is 47.8 Å². The van der Waals surface area contributed by atoms with E-state index in [-0.39, 0.29) is 21.5 Å². The highest BCUT2D eigenvalue weighted by Gasteiger charge is 2.52. The van der Waals surface area contributed by atoms with Crippen molar-refractivity contribution in [1.29, 1.82) is 0 Å². The molecule has 0 spiro atoms. The van der Waals surface area contributed by atoms with Gasteiger partial charge in [-0.3, -0.25) is 24.1 Å². The number of aryl methyl sites for hydroxylation is 1. The van der Waals surface area contributed by atoms with E-state index in [2.05, 4.69) is 53.1 Å². The Bertz CT molecular complexity index is 834. The molecule has 3 rings (SSSR count). The van der Waals surface area contributed by atoms with E-state index in [0.29, 0.717) is 18.5 Å². The number of likely N-dealkylation sites (tertiary alicyclic amines) is 1. The van der Waals surface area contributed by atoms with E-state index < -0.39 is 36.9 Å². The van der Waals surface area contributed by atoms with Gasteiger partial charge >= 0.3 is 5.97 Å². The highest BCUT2D eigenvalue weighted by molar-refractivity contribution is 9.12. The lowest BCUT2D eigenvalue weighted by atomic mass is 9.81. The molecule has 4 atom stereocenters. The second-order valence-corrected chi connectivity index (χ2v) is 10.4. The second kappa shape index (κ2) is 9.26. The zero-order valence-electron chi connectivity index (χ0n) is 15.5. The number of halogens is 3. The molecule has 7 nitrogen and oxygen atoms in total. The summed E-state index contributed by atoms with van der Waals surface area (Å²) in [5.74, 6) is -2.83. The Hall–Kier alpha value is -1.26. The maximum atomic E-state index is 12.6. The summed E-state index contributed by atoms with van der Waals surface area (Å²) in [7, 11) is 0. The molecular formula is C19H19Br3N2O5. The number of benzene rings is 1. The van der Waals surface area contributed by atoms with Crippen LogP contribution in [0.3, 0.4) is 0 Å². The van der Waals surface area contributed by atoms with Crippen LogP contribution in [0.4, 0.5) is 5.69 Å². The second-order valence-electron chi connectivity index (χ2n) is 7.15. The smallest absolute Gasteiger partial charge is 0.326 e. The highest BCUT2D eigenvalue weighted by Crippen LogP contribution is 2.43. The molecule has 0 bridgehead atoms. The number of amides is 3. The third-order valence-corrected chi connectivity index (χ3v) is 8.34. The minimum Gasteiger partial charge on any atom is -0.454 e. The number of alkyl halides is 2. The zero-order chi connectivity index (χ0) is 21.3. The molecule has 1 aromatic rings. The van der Waals surface area contributed by atoms with Crippen molar-refractivity contribution in [3.8, 4) is 0 Å². The van der Waals surface area contributed by atoms with Crippen LogP contribution in [0, 0.1) is 18.8 Å². The molecule has 1 aliphatic heterocycles. The Kier molecular flexibility index (Phi) is 7.16. The fourth-order valence-electron chi connectivity index (χ4n) is 3.59. The summed E-state index contributed by atoms with van der Waals surface area (Å²) in [4.78, 5) is 50.4. The van der Waals surface area contributed by atoms with Gasteiger partial charge in [0.25, 0.3) is 5.91 Å². The number of nitrogens with zero attached hydrogens (tertiary/aromatic N) is 1. The normalized spacial score (nSPS) is 26.3. The van der Waals surface area contributed by atoms with Crippen LogP contribution in [0.1, 0.15) is 18.4 Å². The lowest BCUT2D eigenvalue weighted by Crippen LogP contribution is -2.37. The molecule has 2 aliphatic rings. The lowest BCUT2D eigenvalue weighted by molar-refractivity contribution is -0.154. The van der Waals surface area contributed by atoms with Crippen LogP contribution in [-0.4, -0.2) is 51.4 Å². The number of rotatable bonds is 5. The van der Waals surface area contributed by atoms with Gasteiger partial charge in [0.05, 0.1) is 11.8 Å². The predicted octanol–water partition coefficient (Wildman–Crippen LogP) is 3.16. The third kappa shape index (κ3) is 5.08. The number of hydrogen-bond acceptors (Lipinski definition) is 5. The van der Waals surface area contributed by atoms with E-state index in [0.717, 1.165) is 14.9 Å². The van der Waals surface area contributed by atoms with Gasteiger partial charge < -0.3 is 10.1 Å². The van der Waals surface area contributed by atoms with Crippen molar-refractivity contribution >= 4 is 77.2 Å². The number of imide groups is 1. The average molecular weight is 595 g/mol. The first kappa shape index (κ1) is 22.4. The molecule has 1 aliphatic carbocycles. The van der Waals surface area contributed by atoms with Crippen LogP contribution in [-0.2, 0) is 23.9 Å². The Morgan fingerprint density at radius 2 is 1.72 bits per heavy atom. The van der Waals surface area contributed by atoms with E-state index >= 15 is 0 Å². The molecule has 1 saturated heterocycles. The Morgan fingerprint density at radius 3 is 2.28 bits per heavy atom. The van der Waals surface area contributed by atoms with Gasteiger partial charge in [0, 0.05) is 19.8 Å². The molecule has 1 aromatic carbocycles. The number of nitrogens with one attached hydrogen (secondary N) is 1. The Labute approximate surface area is 193 Å². The molecule has 3 amide bonds. The summed E-state index contributed by atoms with van der Waals surface area (Å²) in [6.07, 6.45) is 1.07. The number of esters is 1. The number of carbonyl (C=O) groups excluding carboxylic acids is 4. The van der Waals surface area contributed by atoms with Gasteiger partial charge in [-0.15, -0.1) is 0 Å². The van der Waals surface area contributed by atoms with E-state index in [4.69, 9.17) is 4.74 Å². The quantitative estimate of drug-likeness (QED) is 0.321. The first-order valence-electron chi connectivity index (χ1n) is 9.02. The van der Waals surface area contributed by atoms with Crippen molar-refractivity contribution in [3.63, 3.8) is 0 Å². The summed E-state index contributed by atoms with van der Waals surface area (Å²) in [6.45, 7) is 0.866. The number of fused-ring (bicyclic) bond motifs is 1. The number of carbonyl (C=O) groups is 4. The Balaban J connectivity index is 1.52. The van der Waals surface area contributed by atoms with E-state index in [1.165, 1.54) is 0 Å². The van der Waals surface area contributed by atoms with Crippen molar-refractivity contribution in [1.82, 2.24) is 4.90 Å². The van der Waals surface area contributed by atoms with Gasteiger partial charge in [0.2, 0.25) is 11.8 Å². The van der Waals surface area contributed by atoms with Crippen LogP contribution in [0.15, 0.2) is 22.7 Å². The monoisotopic (exact) mass is 592 g/mol. The fourth-order valence-corrected chi connectivity index (χ4v) is 5.31. The van der Waals surface area contributed by atoms with Crippen LogP contribution in [0.2, 0.25) is 0 Å². The number of anilines is 1. The molecule has 1 saturated carbocycles. The van der Waals surface area contributed by atoms with Gasteiger partial charge in [0.1, 0.15) is 6.54 Å². The van der Waals surface area contributed by atoms with Crippen molar-refractivity contribution in [2.24, 2.45) is 11.8 Å². The Morgan fingerprint density at radius 1 is 1.14 bits per heavy atom. The number of hydrogen-bond donors (Lipinski definition) is 1. The van der Waals surface area contributed by atoms with Crippen LogP contribution in [0.5, 0.6) is 0 Å². The maximum absolute atomic E-state index is 12.6.